The van der Waals surface area contributed by atoms with Crippen LogP contribution in [0.2, 0.25) is 0 Å². The normalized spacial score (nSPS) is 14.4. The molecule has 1 aromatic carbocycles. The molecule has 0 atom stereocenters. The number of aromatic amines is 1. The average Bonchev–Trinajstić information content (AvgIpc) is 3.27. The molecule has 1 amide bonds. The fourth-order valence-electron chi connectivity index (χ4n) is 3.88. The first-order chi connectivity index (χ1) is 15.0. The number of halogens is 2. The number of carbonyl (C=O) groups excluding carboxylic acids is 2. The lowest BCUT2D eigenvalue weighted by atomic mass is 10.1. The van der Waals surface area contributed by atoms with Gasteiger partial charge in [-0.1, -0.05) is 24.3 Å². The summed E-state index contributed by atoms with van der Waals surface area (Å²) in [7, 11) is 0. The molecule has 8 nitrogen and oxygen atoms in total. The summed E-state index contributed by atoms with van der Waals surface area (Å²) in [5.74, 6) is -1.30. The number of hydrogen-bond donors (Lipinski definition) is 1. The number of carbonyl (C=O) groups is 2. The summed E-state index contributed by atoms with van der Waals surface area (Å²) < 4.78 is 14.7. The molecule has 1 saturated heterocycles. The third kappa shape index (κ3) is 3.32. The molecule has 1 N–H and O–H groups in total. The highest BCUT2D eigenvalue weighted by Crippen LogP contribution is 2.28. The van der Waals surface area contributed by atoms with Gasteiger partial charge in [-0.2, -0.15) is 5.10 Å². The summed E-state index contributed by atoms with van der Waals surface area (Å²) in [4.78, 5) is 35.9. The minimum atomic E-state index is -0.748. The summed E-state index contributed by atoms with van der Waals surface area (Å²) in [5, 5.41) is 10.4. The van der Waals surface area contributed by atoms with E-state index in [1.807, 2.05) is 24.3 Å². The number of rotatable bonds is 3. The average molecular weight is 483 g/mol. The SMILES string of the molecule is O=C(C(=O)N1CCN(c2nncc3ccccc23)CC1)c1c[nH]c2c(Br)ncc(F)c12. The topological polar surface area (TPSA) is 95.1 Å². The second-order valence-corrected chi connectivity index (χ2v) is 7.96. The largest absolute Gasteiger partial charge is 0.358 e. The molecule has 31 heavy (non-hydrogen) atoms. The number of Topliss-reactive ketones (excluding diaryl/α,β-unsaturated/α-hetero) is 1. The van der Waals surface area contributed by atoms with Gasteiger partial charge in [-0.15, -0.1) is 5.10 Å². The first kappa shape index (κ1) is 19.6. The number of nitrogens with one attached hydrogen (secondary N) is 1. The lowest BCUT2D eigenvalue weighted by Crippen LogP contribution is -2.51. The van der Waals surface area contributed by atoms with Crippen molar-refractivity contribution in [2.45, 2.75) is 0 Å². The van der Waals surface area contributed by atoms with Crippen LogP contribution in [0.4, 0.5) is 10.2 Å². The molecule has 0 unspecified atom stereocenters. The Morgan fingerprint density at radius 1 is 1.10 bits per heavy atom. The van der Waals surface area contributed by atoms with Crippen molar-refractivity contribution in [3.63, 3.8) is 0 Å². The van der Waals surface area contributed by atoms with Crippen LogP contribution < -0.4 is 4.90 Å². The highest BCUT2D eigenvalue weighted by Gasteiger charge is 2.30. The lowest BCUT2D eigenvalue weighted by molar-refractivity contribution is -0.126. The Kier molecular flexibility index (Phi) is 4.85. The van der Waals surface area contributed by atoms with Gasteiger partial charge in [-0.25, -0.2) is 9.37 Å². The van der Waals surface area contributed by atoms with E-state index in [0.29, 0.717) is 36.3 Å². The second kappa shape index (κ2) is 7.69. The van der Waals surface area contributed by atoms with Crippen LogP contribution >= 0.6 is 15.9 Å². The Labute approximate surface area is 184 Å². The molecule has 1 aliphatic heterocycles. The van der Waals surface area contributed by atoms with Crippen molar-refractivity contribution in [1.29, 1.82) is 0 Å². The minimum absolute atomic E-state index is 0.00273. The Morgan fingerprint density at radius 3 is 2.68 bits per heavy atom. The monoisotopic (exact) mass is 482 g/mol. The number of aromatic nitrogens is 4. The molecule has 0 saturated carbocycles. The van der Waals surface area contributed by atoms with Crippen molar-refractivity contribution in [2.75, 3.05) is 31.1 Å². The zero-order valence-corrected chi connectivity index (χ0v) is 17.8. The molecule has 4 aromatic rings. The predicted octanol–water partition coefficient (Wildman–Crippen LogP) is 2.94. The van der Waals surface area contributed by atoms with E-state index < -0.39 is 17.5 Å². The van der Waals surface area contributed by atoms with Crippen molar-refractivity contribution in [1.82, 2.24) is 25.1 Å². The summed E-state index contributed by atoms with van der Waals surface area (Å²) in [5.41, 5.74) is 0.346. The van der Waals surface area contributed by atoms with Crippen LogP contribution in [0.15, 0.2) is 47.5 Å². The van der Waals surface area contributed by atoms with Gasteiger partial charge >= 0.3 is 0 Å². The van der Waals surface area contributed by atoms with Crippen LogP contribution in [0.3, 0.4) is 0 Å². The number of fused-ring (bicyclic) bond motifs is 2. The van der Waals surface area contributed by atoms with E-state index in [0.717, 1.165) is 22.8 Å². The number of pyridine rings is 1. The quantitative estimate of drug-likeness (QED) is 0.274. The van der Waals surface area contributed by atoms with Gasteiger partial charge < -0.3 is 14.8 Å². The zero-order chi connectivity index (χ0) is 21.5. The summed E-state index contributed by atoms with van der Waals surface area (Å²) in [6.07, 6.45) is 4.08. The number of piperazine rings is 1. The van der Waals surface area contributed by atoms with Crippen LogP contribution in [-0.4, -0.2) is 62.9 Å². The zero-order valence-electron chi connectivity index (χ0n) is 16.2. The summed E-state index contributed by atoms with van der Waals surface area (Å²) >= 11 is 3.22. The number of benzene rings is 1. The van der Waals surface area contributed by atoms with Crippen molar-refractivity contribution in [2.24, 2.45) is 0 Å². The number of anilines is 1. The number of H-pyrrole nitrogens is 1. The third-order valence-electron chi connectivity index (χ3n) is 5.47. The van der Waals surface area contributed by atoms with Gasteiger partial charge in [-0.05, 0) is 15.9 Å². The van der Waals surface area contributed by atoms with Gasteiger partial charge in [0.15, 0.2) is 11.6 Å². The van der Waals surface area contributed by atoms with Crippen LogP contribution in [0.1, 0.15) is 10.4 Å². The van der Waals surface area contributed by atoms with Crippen molar-refractivity contribution < 1.29 is 14.0 Å². The molecule has 0 radical (unpaired) electrons. The molecule has 1 fully saturated rings. The molecule has 4 heterocycles. The number of ketones is 1. The maximum absolute atomic E-state index is 14.3. The molecule has 156 valence electrons. The van der Waals surface area contributed by atoms with Crippen LogP contribution in [0.5, 0.6) is 0 Å². The van der Waals surface area contributed by atoms with E-state index in [2.05, 4.69) is 41.0 Å². The minimum Gasteiger partial charge on any atom is -0.358 e. The van der Waals surface area contributed by atoms with Gasteiger partial charge in [0.25, 0.3) is 11.7 Å². The standard InChI is InChI=1S/C21H16BrFN6O2/c22-19-17-16(15(23)11-25-19)14(10-24-17)18(30)21(31)29-7-5-28(6-8-29)20-13-4-2-1-3-12(13)9-26-27-20/h1-4,9-11,24H,5-8H2. The summed E-state index contributed by atoms with van der Waals surface area (Å²) in [6, 6.07) is 7.84. The van der Waals surface area contributed by atoms with E-state index in [1.54, 1.807) is 6.20 Å². The van der Waals surface area contributed by atoms with Gasteiger partial charge in [0.2, 0.25) is 0 Å². The Morgan fingerprint density at radius 2 is 1.87 bits per heavy atom. The first-order valence-electron chi connectivity index (χ1n) is 9.64. The van der Waals surface area contributed by atoms with E-state index in [1.165, 1.54) is 11.1 Å². The fourth-order valence-corrected chi connectivity index (χ4v) is 4.30. The van der Waals surface area contributed by atoms with E-state index in [9.17, 15) is 14.0 Å². The number of amides is 1. The molecular formula is C21H16BrFN6O2. The predicted molar refractivity (Wildman–Crippen MR) is 116 cm³/mol. The third-order valence-corrected chi connectivity index (χ3v) is 6.07. The van der Waals surface area contributed by atoms with E-state index in [4.69, 9.17) is 0 Å². The lowest BCUT2D eigenvalue weighted by Gasteiger charge is -2.35. The molecule has 0 spiro atoms. The van der Waals surface area contributed by atoms with E-state index >= 15 is 0 Å². The van der Waals surface area contributed by atoms with Crippen LogP contribution in [0.25, 0.3) is 21.7 Å². The Balaban J connectivity index is 1.35. The van der Waals surface area contributed by atoms with E-state index in [-0.39, 0.29) is 10.9 Å². The molecule has 0 aliphatic carbocycles. The van der Waals surface area contributed by atoms with Crippen LogP contribution in [-0.2, 0) is 4.79 Å². The number of hydrogen-bond acceptors (Lipinski definition) is 6. The number of nitrogens with zero attached hydrogens (tertiary/aromatic N) is 5. The van der Waals surface area contributed by atoms with Gasteiger partial charge in [0.1, 0.15) is 4.60 Å². The maximum atomic E-state index is 14.3. The molecule has 5 rings (SSSR count). The highest BCUT2D eigenvalue weighted by atomic mass is 79.9. The molecular weight excluding hydrogens is 467 g/mol. The highest BCUT2D eigenvalue weighted by molar-refractivity contribution is 9.10. The Hall–Kier alpha value is -3.40. The smallest absolute Gasteiger partial charge is 0.295 e. The Bertz CT molecular complexity index is 1330. The fraction of sp³-hybridized carbons (Fsp3) is 0.190. The van der Waals surface area contributed by atoms with Crippen molar-refractivity contribution in [3.8, 4) is 0 Å². The molecule has 10 heteroatoms. The van der Waals surface area contributed by atoms with Crippen molar-refractivity contribution in [3.05, 3.63) is 58.8 Å². The second-order valence-electron chi connectivity index (χ2n) is 7.21. The molecule has 0 bridgehead atoms. The summed E-state index contributed by atoms with van der Waals surface area (Å²) in [6.45, 7) is 1.73. The van der Waals surface area contributed by atoms with Gasteiger partial charge in [0, 0.05) is 43.1 Å². The van der Waals surface area contributed by atoms with Gasteiger partial charge in [0.05, 0.1) is 28.9 Å². The first-order valence-corrected chi connectivity index (χ1v) is 10.4. The van der Waals surface area contributed by atoms with Gasteiger partial charge in [-0.3, -0.25) is 9.59 Å². The van der Waals surface area contributed by atoms with Crippen molar-refractivity contribution >= 4 is 55.1 Å². The maximum Gasteiger partial charge on any atom is 0.295 e. The molecule has 1 aliphatic rings. The molecule has 3 aromatic heterocycles. The van der Waals surface area contributed by atoms with Crippen LogP contribution in [0, 0.1) is 5.82 Å².